The van der Waals surface area contributed by atoms with Gasteiger partial charge in [0.1, 0.15) is 0 Å². The first kappa shape index (κ1) is 20.7. The van der Waals surface area contributed by atoms with Crippen LogP contribution in [0.2, 0.25) is 0 Å². The summed E-state index contributed by atoms with van der Waals surface area (Å²) in [5, 5.41) is 9.29. The number of carbonyl (C=O) groups excluding carboxylic acids is 1. The lowest BCUT2D eigenvalue weighted by Gasteiger charge is -2.14. The van der Waals surface area contributed by atoms with Gasteiger partial charge in [-0.15, -0.1) is 0 Å². The highest BCUT2D eigenvalue weighted by atomic mass is 16.5. The van der Waals surface area contributed by atoms with E-state index in [0.717, 1.165) is 38.6 Å². The lowest BCUT2D eigenvalue weighted by Crippen LogP contribution is -2.40. The summed E-state index contributed by atoms with van der Waals surface area (Å²) in [6, 6.07) is 0.232. The molecule has 0 aliphatic carbocycles. The average molecular weight is 314 g/mol. The number of nitrogens with one attached hydrogen (secondary N) is 3. The maximum atomic E-state index is 11.6. The highest BCUT2D eigenvalue weighted by molar-refractivity contribution is 5.81. The zero-order valence-corrected chi connectivity index (χ0v) is 14.9. The summed E-state index contributed by atoms with van der Waals surface area (Å²) in [4.78, 5) is 15.8. The molecule has 22 heavy (non-hydrogen) atoms. The maximum absolute atomic E-state index is 11.6. The molecule has 0 rings (SSSR count). The van der Waals surface area contributed by atoms with Crippen LogP contribution in [-0.4, -0.2) is 51.3 Å². The highest BCUT2D eigenvalue weighted by Gasteiger charge is 2.05. The molecule has 3 N–H and O–H groups in total. The third-order valence-corrected chi connectivity index (χ3v) is 3.10. The van der Waals surface area contributed by atoms with Crippen molar-refractivity contribution in [1.29, 1.82) is 0 Å². The van der Waals surface area contributed by atoms with Gasteiger partial charge >= 0.3 is 0 Å². The van der Waals surface area contributed by atoms with Gasteiger partial charge in [0, 0.05) is 45.8 Å². The maximum Gasteiger partial charge on any atom is 0.221 e. The normalized spacial score (nSPS) is 13.1. The van der Waals surface area contributed by atoms with Crippen LogP contribution < -0.4 is 16.0 Å². The van der Waals surface area contributed by atoms with Crippen molar-refractivity contribution in [2.45, 2.75) is 53.0 Å². The van der Waals surface area contributed by atoms with Crippen molar-refractivity contribution < 1.29 is 9.53 Å². The summed E-state index contributed by atoms with van der Waals surface area (Å²) in [6.07, 6.45) is 2.33. The van der Waals surface area contributed by atoms with Crippen molar-refractivity contribution >= 4 is 11.9 Å². The van der Waals surface area contributed by atoms with E-state index in [-0.39, 0.29) is 11.9 Å². The minimum absolute atomic E-state index is 0.0689. The SMILES string of the molecule is CC[C@H](C)NC(=O)CCNC(=NC)NCCCOCC(C)C. The molecule has 1 atom stereocenters. The highest BCUT2D eigenvalue weighted by Crippen LogP contribution is 1.93. The van der Waals surface area contributed by atoms with Crippen LogP contribution in [0.4, 0.5) is 0 Å². The number of nitrogens with zero attached hydrogens (tertiary/aromatic N) is 1. The third-order valence-electron chi connectivity index (χ3n) is 3.10. The number of hydrogen-bond donors (Lipinski definition) is 3. The number of ether oxygens (including phenoxy) is 1. The van der Waals surface area contributed by atoms with E-state index in [0.29, 0.717) is 18.9 Å². The van der Waals surface area contributed by atoms with Crippen molar-refractivity contribution in [3.05, 3.63) is 0 Å². The summed E-state index contributed by atoms with van der Waals surface area (Å²) in [6.45, 7) is 11.3. The van der Waals surface area contributed by atoms with Gasteiger partial charge in [-0.05, 0) is 25.7 Å². The van der Waals surface area contributed by atoms with Crippen LogP contribution in [0.15, 0.2) is 4.99 Å². The lowest BCUT2D eigenvalue weighted by molar-refractivity contribution is -0.121. The Morgan fingerprint density at radius 3 is 2.45 bits per heavy atom. The van der Waals surface area contributed by atoms with Crippen molar-refractivity contribution in [2.75, 3.05) is 33.4 Å². The first-order chi connectivity index (χ1) is 10.5. The molecule has 0 aliphatic heterocycles. The summed E-state index contributed by atoms with van der Waals surface area (Å²) in [5.41, 5.74) is 0. The second kappa shape index (κ2) is 13.4. The molecule has 6 heteroatoms. The second-order valence-electron chi connectivity index (χ2n) is 5.87. The van der Waals surface area contributed by atoms with Gasteiger partial charge in [-0.2, -0.15) is 0 Å². The van der Waals surface area contributed by atoms with Crippen LogP contribution >= 0.6 is 0 Å². The number of rotatable bonds is 11. The molecule has 0 saturated carbocycles. The fourth-order valence-corrected chi connectivity index (χ4v) is 1.66. The molecule has 0 bridgehead atoms. The number of guanidine groups is 1. The van der Waals surface area contributed by atoms with Crippen molar-refractivity contribution in [3.8, 4) is 0 Å². The molecule has 0 spiro atoms. The van der Waals surface area contributed by atoms with E-state index >= 15 is 0 Å². The fourth-order valence-electron chi connectivity index (χ4n) is 1.66. The van der Waals surface area contributed by atoms with Gasteiger partial charge < -0.3 is 20.7 Å². The minimum Gasteiger partial charge on any atom is -0.381 e. The van der Waals surface area contributed by atoms with Crippen molar-refractivity contribution in [2.24, 2.45) is 10.9 Å². The summed E-state index contributed by atoms with van der Waals surface area (Å²) in [5.74, 6) is 1.36. The number of aliphatic imine (C=N–C) groups is 1. The molecule has 0 saturated heterocycles. The molecule has 0 fully saturated rings. The Kier molecular flexibility index (Phi) is 12.6. The fraction of sp³-hybridized carbons (Fsp3) is 0.875. The number of hydrogen-bond acceptors (Lipinski definition) is 3. The Morgan fingerprint density at radius 1 is 1.18 bits per heavy atom. The van der Waals surface area contributed by atoms with E-state index in [1.807, 2.05) is 6.92 Å². The standard InChI is InChI=1S/C16H34N4O2/c1-6-14(4)20-15(21)8-10-19-16(17-5)18-9-7-11-22-12-13(2)3/h13-14H,6-12H2,1-5H3,(H,20,21)(H2,17,18,19)/t14-/m0/s1. The van der Waals surface area contributed by atoms with Crippen LogP contribution in [0.25, 0.3) is 0 Å². The Hall–Kier alpha value is -1.30. The van der Waals surface area contributed by atoms with Crippen LogP contribution in [0.1, 0.15) is 47.0 Å². The predicted octanol–water partition coefficient (Wildman–Crippen LogP) is 1.52. The lowest BCUT2D eigenvalue weighted by atomic mass is 10.2. The molecular weight excluding hydrogens is 280 g/mol. The molecule has 0 unspecified atom stereocenters. The van der Waals surface area contributed by atoms with Gasteiger partial charge in [-0.25, -0.2) is 0 Å². The number of carbonyl (C=O) groups is 1. The molecule has 6 nitrogen and oxygen atoms in total. The van der Waals surface area contributed by atoms with Gasteiger partial charge in [0.2, 0.25) is 5.91 Å². The first-order valence-corrected chi connectivity index (χ1v) is 8.31. The molecule has 130 valence electrons. The zero-order valence-electron chi connectivity index (χ0n) is 14.9. The van der Waals surface area contributed by atoms with E-state index in [1.165, 1.54) is 0 Å². The van der Waals surface area contributed by atoms with Gasteiger partial charge in [-0.3, -0.25) is 9.79 Å². The monoisotopic (exact) mass is 314 g/mol. The smallest absolute Gasteiger partial charge is 0.221 e. The van der Waals surface area contributed by atoms with Gasteiger partial charge in [0.25, 0.3) is 0 Å². The molecule has 0 heterocycles. The zero-order chi connectivity index (χ0) is 16.8. The van der Waals surface area contributed by atoms with E-state index in [4.69, 9.17) is 4.74 Å². The topological polar surface area (TPSA) is 74.8 Å². The quantitative estimate of drug-likeness (QED) is 0.307. The van der Waals surface area contributed by atoms with Crippen LogP contribution in [0, 0.1) is 5.92 Å². The number of amides is 1. The molecule has 0 aromatic heterocycles. The Balaban J connectivity index is 3.65. The van der Waals surface area contributed by atoms with Crippen molar-refractivity contribution in [1.82, 2.24) is 16.0 Å². The van der Waals surface area contributed by atoms with Gasteiger partial charge in [0.05, 0.1) is 0 Å². The molecular formula is C16H34N4O2. The van der Waals surface area contributed by atoms with E-state index in [2.05, 4.69) is 41.7 Å². The third kappa shape index (κ3) is 12.4. The van der Waals surface area contributed by atoms with Crippen LogP contribution in [0.5, 0.6) is 0 Å². The first-order valence-electron chi connectivity index (χ1n) is 8.31. The van der Waals surface area contributed by atoms with E-state index in [9.17, 15) is 4.79 Å². The van der Waals surface area contributed by atoms with E-state index in [1.54, 1.807) is 7.05 Å². The molecule has 0 aliphatic rings. The Morgan fingerprint density at radius 2 is 1.86 bits per heavy atom. The van der Waals surface area contributed by atoms with E-state index < -0.39 is 0 Å². The van der Waals surface area contributed by atoms with Gasteiger partial charge in [-0.1, -0.05) is 20.8 Å². The molecule has 0 aromatic rings. The average Bonchev–Trinajstić information content (AvgIpc) is 2.48. The Bertz CT molecular complexity index is 319. The minimum atomic E-state index is 0.0689. The van der Waals surface area contributed by atoms with Crippen molar-refractivity contribution in [3.63, 3.8) is 0 Å². The Labute approximate surface area is 135 Å². The largest absolute Gasteiger partial charge is 0.381 e. The summed E-state index contributed by atoms with van der Waals surface area (Å²) >= 11 is 0. The second-order valence-corrected chi connectivity index (χ2v) is 5.87. The predicted molar refractivity (Wildman–Crippen MR) is 92.2 cm³/mol. The molecule has 1 amide bonds. The van der Waals surface area contributed by atoms with Gasteiger partial charge in [0.15, 0.2) is 5.96 Å². The van der Waals surface area contributed by atoms with Crippen LogP contribution in [-0.2, 0) is 9.53 Å². The molecule has 0 aromatic carbocycles. The summed E-state index contributed by atoms with van der Waals surface area (Å²) in [7, 11) is 1.73. The molecule has 0 radical (unpaired) electrons. The summed E-state index contributed by atoms with van der Waals surface area (Å²) < 4.78 is 5.52. The van der Waals surface area contributed by atoms with Crippen LogP contribution in [0.3, 0.4) is 0 Å².